The van der Waals surface area contributed by atoms with Gasteiger partial charge in [-0.25, -0.2) is 4.79 Å². The molecule has 29 heavy (non-hydrogen) atoms. The third-order valence-corrected chi connectivity index (χ3v) is 5.57. The molecule has 0 N–H and O–H groups in total. The van der Waals surface area contributed by atoms with Gasteiger partial charge < -0.3 is 14.2 Å². The summed E-state index contributed by atoms with van der Waals surface area (Å²) in [5.41, 5.74) is 1.35. The van der Waals surface area contributed by atoms with E-state index >= 15 is 0 Å². The van der Waals surface area contributed by atoms with Crippen LogP contribution in [-0.4, -0.2) is 46.6 Å². The Labute approximate surface area is 170 Å². The number of rotatable bonds is 7. The molecule has 0 saturated carbocycles. The van der Waals surface area contributed by atoms with Crippen LogP contribution in [0.15, 0.2) is 71.6 Å². The van der Waals surface area contributed by atoms with Crippen molar-refractivity contribution in [2.45, 2.75) is 30.3 Å². The number of benzene rings is 2. The highest BCUT2D eigenvalue weighted by Gasteiger charge is 2.31. The van der Waals surface area contributed by atoms with Gasteiger partial charge >= 0.3 is 5.97 Å². The summed E-state index contributed by atoms with van der Waals surface area (Å²) >= 11 is 0. The van der Waals surface area contributed by atoms with Crippen molar-refractivity contribution in [3.05, 3.63) is 77.9 Å². The molecule has 3 unspecified atom stereocenters. The Balaban J connectivity index is 1.61. The minimum Gasteiger partial charge on any atom is -0.449 e. The normalized spacial score (nSPS) is 21.7. The summed E-state index contributed by atoms with van der Waals surface area (Å²) in [5, 5.41) is 0. The van der Waals surface area contributed by atoms with Crippen LogP contribution < -0.4 is 0 Å². The van der Waals surface area contributed by atoms with Crippen LogP contribution in [-0.2, 0) is 28.5 Å². The molecule has 1 aliphatic rings. The van der Waals surface area contributed by atoms with Crippen molar-refractivity contribution in [2.24, 2.45) is 0 Å². The van der Waals surface area contributed by atoms with Gasteiger partial charge in [-0.1, -0.05) is 42.0 Å². The molecule has 1 aliphatic heterocycles. The lowest BCUT2D eigenvalue weighted by Crippen LogP contribution is -2.41. The summed E-state index contributed by atoms with van der Waals surface area (Å²) in [7, 11) is -2.50. The molecule has 0 saturated heterocycles. The molecule has 0 spiro atoms. The van der Waals surface area contributed by atoms with Crippen LogP contribution in [0, 0.1) is 6.92 Å². The summed E-state index contributed by atoms with van der Waals surface area (Å²) in [5.74, 6) is -0.512. The molecule has 154 valence electrons. The number of esters is 1. The fraction of sp³-hybridized carbons (Fsp3) is 0.286. The summed E-state index contributed by atoms with van der Waals surface area (Å²) in [6, 6.07) is 14.9. The first-order chi connectivity index (χ1) is 13.9. The Morgan fingerprint density at radius 1 is 1.03 bits per heavy atom. The molecule has 2 aromatic rings. The van der Waals surface area contributed by atoms with Gasteiger partial charge in [-0.15, -0.1) is 0 Å². The van der Waals surface area contributed by atoms with Crippen LogP contribution in [0.5, 0.6) is 0 Å². The zero-order valence-corrected chi connectivity index (χ0v) is 16.9. The van der Waals surface area contributed by atoms with Gasteiger partial charge in [-0.3, -0.25) is 4.18 Å². The van der Waals surface area contributed by atoms with Gasteiger partial charge in [0.2, 0.25) is 0 Å². The predicted octanol–water partition coefficient (Wildman–Crippen LogP) is 2.85. The standard InChI is InChI=1S/C21H22O7S/c1-15-8-11-18(12-9-15)29(23,24)26-14-17-10-13-19(21(25-2)27-17)28-20(22)16-6-4-3-5-7-16/h3-13,17,19,21H,14H2,1-2H3. The first-order valence-electron chi connectivity index (χ1n) is 8.98. The largest absolute Gasteiger partial charge is 0.449 e. The molecule has 2 aromatic carbocycles. The number of aryl methyl sites for hydroxylation is 1. The SMILES string of the molecule is COC1OC(COS(=O)(=O)c2ccc(C)cc2)C=CC1OC(=O)c1ccccc1. The van der Waals surface area contributed by atoms with Gasteiger partial charge in [-0.05, 0) is 37.3 Å². The van der Waals surface area contributed by atoms with Crippen LogP contribution in [0.25, 0.3) is 0 Å². The highest BCUT2D eigenvalue weighted by Crippen LogP contribution is 2.20. The average molecular weight is 418 g/mol. The van der Waals surface area contributed by atoms with E-state index in [1.54, 1.807) is 54.6 Å². The Hall–Kier alpha value is -2.52. The molecule has 0 aromatic heterocycles. The quantitative estimate of drug-likeness (QED) is 0.388. The van der Waals surface area contributed by atoms with E-state index in [0.717, 1.165) is 5.56 Å². The van der Waals surface area contributed by atoms with Crippen LogP contribution in [0.2, 0.25) is 0 Å². The second-order valence-electron chi connectivity index (χ2n) is 6.45. The minimum atomic E-state index is -3.91. The average Bonchev–Trinajstić information content (AvgIpc) is 2.74. The van der Waals surface area contributed by atoms with Crippen LogP contribution in [0.3, 0.4) is 0 Å². The fourth-order valence-electron chi connectivity index (χ4n) is 2.69. The monoisotopic (exact) mass is 418 g/mol. The van der Waals surface area contributed by atoms with E-state index in [1.165, 1.54) is 19.2 Å². The lowest BCUT2D eigenvalue weighted by molar-refractivity contribution is -0.195. The van der Waals surface area contributed by atoms with E-state index in [0.29, 0.717) is 5.56 Å². The maximum atomic E-state index is 12.3. The van der Waals surface area contributed by atoms with E-state index in [2.05, 4.69) is 0 Å². The number of hydrogen-bond acceptors (Lipinski definition) is 7. The van der Waals surface area contributed by atoms with E-state index in [1.807, 2.05) is 6.92 Å². The summed E-state index contributed by atoms with van der Waals surface area (Å²) in [4.78, 5) is 12.3. The molecule has 0 bridgehead atoms. The van der Waals surface area contributed by atoms with Gasteiger partial charge in [0.25, 0.3) is 10.1 Å². The van der Waals surface area contributed by atoms with Crippen molar-refractivity contribution in [3.63, 3.8) is 0 Å². The lowest BCUT2D eigenvalue weighted by Gasteiger charge is -2.30. The Morgan fingerprint density at radius 3 is 2.38 bits per heavy atom. The first kappa shape index (κ1) is 21.2. The smallest absolute Gasteiger partial charge is 0.338 e. The highest BCUT2D eigenvalue weighted by molar-refractivity contribution is 7.86. The number of carbonyl (C=O) groups excluding carboxylic acids is 1. The molecular weight excluding hydrogens is 396 g/mol. The second-order valence-corrected chi connectivity index (χ2v) is 8.07. The van der Waals surface area contributed by atoms with Crippen LogP contribution in [0.1, 0.15) is 15.9 Å². The third-order valence-electron chi connectivity index (χ3n) is 4.27. The molecule has 0 radical (unpaired) electrons. The molecule has 3 rings (SSSR count). The van der Waals surface area contributed by atoms with Crippen molar-refractivity contribution >= 4 is 16.1 Å². The summed E-state index contributed by atoms with van der Waals surface area (Å²) in [6.07, 6.45) is 0.863. The van der Waals surface area contributed by atoms with Crippen molar-refractivity contribution in [1.29, 1.82) is 0 Å². The molecule has 3 atom stereocenters. The molecule has 0 fully saturated rings. The van der Waals surface area contributed by atoms with E-state index in [-0.39, 0.29) is 11.5 Å². The van der Waals surface area contributed by atoms with Gasteiger partial charge in [0.1, 0.15) is 6.10 Å². The molecule has 1 heterocycles. The van der Waals surface area contributed by atoms with E-state index < -0.39 is 34.6 Å². The zero-order chi connectivity index (χ0) is 20.9. The fourth-order valence-corrected chi connectivity index (χ4v) is 3.61. The van der Waals surface area contributed by atoms with Crippen molar-refractivity contribution in [1.82, 2.24) is 0 Å². The molecular formula is C21H22O7S. The number of methoxy groups -OCH3 is 1. The van der Waals surface area contributed by atoms with Crippen molar-refractivity contribution in [2.75, 3.05) is 13.7 Å². The second kappa shape index (κ2) is 9.32. The summed E-state index contributed by atoms with van der Waals surface area (Å²) in [6.45, 7) is 1.63. The van der Waals surface area contributed by atoms with E-state index in [4.69, 9.17) is 18.4 Å². The third kappa shape index (κ3) is 5.51. The maximum absolute atomic E-state index is 12.3. The minimum absolute atomic E-state index is 0.0702. The molecule has 8 heteroatoms. The molecule has 7 nitrogen and oxygen atoms in total. The zero-order valence-electron chi connectivity index (χ0n) is 16.1. The van der Waals surface area contributed by atoms with E-state index in [9.17, 15) is 13.2 Å². The van der Waals surface area contributed by atoms with Crippen LogP contribution >= 0.6 is 0 Å². The maximum Gasteiger partial charge on any atom is 0.338 e. The van der Waals surface area contributed by atoms with Gasteiger partial charge in [0, 0.05) is 7.11 Å². The number of hydrogen-bond donors (Lipinski definition) is 0. The Bertz CT molecular complexity index is 952. The summed E-state index contributed by atoms with van der Waals surface area (Å²) < 4.78 is 46.0. The Morgan fingerprint density at radius 2 is 1.72 bits per heavy atom. The van der Waals surface area contributed by atoms with Gasteiger partial charge in [0.15, 0.2) is 12.4 Å². The van der Waals surface area contributed by atoms with Gasteiger partial charge in [-0.2, -0.15) is 8.42 Å². The van der Waals surface area contributed by atoms with Crippen LogP contribution in [0.4, 0.5) is 0 Å². The first-order valence-corrected chi connectivity index (χ1v) is 10.4. The van der Waals surface area contributed by atoms with Crippen molar-refractivity contribution in [3.8, 4) is 0 Å². The molecule has 0 aliphatic carbocycles. The van der Waals surface area contributed by atoms with Crippen molar-refractivity contribution < 1.29 is 31.6 Å². The molecule has 0 amide bonds. The topological polar surface area (TPSA) is 88.1 Å². The number of carbonyl (C=O) groups is 1. The lowest BCUT2D eigenvalue weighted by atomic mass is 10.2. The predicted molar refractivity (Wildman–Crippen MR) is 105 cm³/mol. The van der Waals surface area contributed by atoms with Gasteiger partial charge in [0.05, 0.1) is 17.1 Å². The Kier molecular flexibility index (Phi) is 6.81. The highest BCUT2D eigenvalue weighted by atomic mass is 32.2. The number of ether oxygens (including phenoxy) is 3.